The van der Waals surface area contributed by atoms with Gasteiger partial charge in [-0.15, -0.1) is 0 Å². The Balaban J connectivity index is 0.000000461. The zero-order valence-corrected chi connectivity index (χ0v) is 30.0. The molecule has 1 amide bonds. The van der Waals surface area contributed by atoms with E-state index in [4.69, 9.17) is 27.5 Å². The third kappa shape index (κ3) is 7.74. The number of rotatable bonds is 7. The number of halogens is 4. The molecule has 0 aliphatic carbocycles. The van der Waals surface area contributed by atoms with Gasteiger partial charge in [0, 0.05) is 73.7 Å². The molecule has 0 saturated carbocycles. The number of ether oxygens (including phenoxy) is 1. The minimum atomic E-state index is -1.01. The number of benzene rings is 1. The Hall–Kier alpha value is -5.33. The monoisotopic (exact) mass is 746 g/mol. The third-order valence-corrected chi connectivity index (χ3v) is 10.2. The van der Waals surface area contributed by atoms with Gasteiger partial charge in [0.05, 0.1) is 41.7 Å². The maximum Gasteiger partial charge on any atom is 0.318 e. The molecule has 12 nitrogen and oxygen atoms in total. The maximum absolute atomic E-state index is 16.3. The standard InChI is InChI=1S/C30H26ClF2N9O2.C7H12FN/c1-16-11-22(36)19(13-35)23(24(16)31)27-25(33)26-20(14-38-27)28(40-30(39-26)44-2)41-9-10-42(18(15-41)6-7-34)29(43)21(32)12-17-5-3-4-8-37-17;8-6-4-7-2-1-3-9(7)5-6/h3-5,8,11-14,18,35H,6,9-10,15,36H2,1-2H3;6-7H,1-5H2/b21-12-,35-13?;. The third-order valence-electron chi connectivity index (χ3n) is 9.72. The van der Waals surface area contributed by atoms with Gasteiger partial charge in [0.2, 0.25) is 0 Å². The zero-order valence-electron chi connectivity index (χ0n) is 29.2. The van der Waals surface area contributed by atoms with Crippen molar-refractivity contribution >= 4 is 52.2 Å². The SMILES string of the molecule is COc1nc(N2CCN(C(=O)/C(F)=C/c3ccccn3)C(CC#N)C2)c2cnc(-c3c(Cl)c(C)cc(N)c3C=N)c(F)c2n1.FC1CC2CCCN2C1. The Morgan fingerprint density at radius 1 is 1.23 bits per heavy atom. The summed E-state index contributed by atoms with van der Waals surface area (Å²) in [6.45, 7) is 3.89. The molecule has 3 aliphatic heterocycles. The average molecular weight is 747 g/mol. The number of pyridine rings is 2. The van der Waals surface area contributed by atoms with E-state index in [-0.39, 0.29) is 82.0 Å². The Morgan fingerprint density at radius 2 is 2.04 bits per heavy atom. The molecule has 0 spiro atoms. The van der Waals surface area contributed by atoms with Gasteiger partial charge in [-0.3, -0.25) is 19.7 Å². The van der Waals surface area contributed by atoms with Crippen LogP contribution < -0.4 is 15.4 Å². The van der Waals surface area contributed by atoms with Crippen molar-refractivity contribution in [1.29, 1.82) is 10.7 Å². The van der Waals surface area contributed by atoms with Gasteiger partial charge in [0.15, 0.2) is 11.6 Å². The number of aryl methyl sites for hydroxylation is 1. The van der Waals surface area contributed by atoms with Crippen LogP contribution in [0.4, 0.5) is 24.7 Å². The molecule has 4 aromatic rings. The van der Waals surface area contributed by atoms with Crippen molar-refractivity contribution in [3.05, 3.63) is 70.1 Å². The second kappa shape index (κ2) is 16.1. The van der Waals surface area contributed by atoms with E-state index in [2.05, 4.69) is 30.9 Å². The van der Waals surface area contributed by atoms with E-state index < -0.39 is 29.8 Å². The fraction of sp³-hybridized carbons (Fsp3) is 0.378. The van der Waals surface area contributed by atoms with Crippen LogP contribution in [0.5, 0.6) is 6.01 Å². The number of methoxy groups -OCH3 is 1. The minimum absolute atomic E-state index is 0.0529. The number of amides is 1. The highest BCUT2D eigenvalue weighted by molar-refractivity contribution is 6.35. The van der Waals surface area contributed by atoms with Crippen molar-refractivity contribution in [3.63, 3.8) is 0 Å². The van der Waals surface area contributed by atoms with Crippen molar-refractivity contribution < 1.29 is 22.7 Å². The number of aromatic nitrogens is 4. The summed E-state index contributed by atoms with van der Waals surface area (Å²) in [7, 11) is 1.34. The van der Waals surface area contributed by atoms with Gasteiger partial charge in [-0.1, -0.05) is 17.7 Å². The number of nitrogens with one attached hydrogen (secondary N) is 1. The molecule has 6 heterocycles. The lowest BCUT2D eigenvalue weighted by Crippen LogP contribution is -2.55. The number of piperazine rings is 1. The van der Waals surface area contributed by atoms with E-state index >= 15 is 4.39 Å². The molecule has 0 bridgehead atoms. The summed E-state index contributed by atoms with van der Waals surface area (Å²) in [6, 6.07) is 8.34. The van der Waals surface area contributed by atoms with Gasteiger partial charge in [0.1, 0.15) is 23.2 Å². The van der Waals surface area contributed by atoms with Crippen LogP contribution in [0.25, 0.3) is 28.2 Å². The summed E-state index contributed by atoms with van der Waals surface area (Å²) in [5, 5.41) is 17.8. The van der Waals surface area contributed by atoms with Crippen LogP contribution in [0.15, 0.2) is 42.5 Å². The fourth-order valence-corrected chi connectivity index (χ4v) is 7.41. The van der Waals surface area contributed by atoms with Crippen LogP contribution in [0, 0.1) is 29.5 Å². The van der Waals surface area contributed by atoms with Crippen LogP contribution in [-0.4, -0.2) is 99.9 Å². The molecule has 0 radical (unpaired) electrons. The highest BCUT2D eigenvalue weighted by atomic mass is 35.5. The molecule has 1 aromatic carbocycles. The Labute approximate surface area is 309 Å². The summed E-state index contributed by atoms with van der Waals surface area (Å²) >= 11 is 6.55. The molecule has 53 heavy (non-hydrogen) atoms. The average Bonchev–Trinajstić information content (AvgIpc) is 3.74. The topological polar surface area (TPSA) is 161 Å². The second-order valence-corrected chi connectivity index (χ2v) is 13.5. The summed E-state index contributed by atoms with van der Waals surface area (Å²) < 4.78 is 49.1. The quantitative estimate of drug-likeness (QED) is 0.132. The van der Waals surface area contributed by atoms with E-state index in [1.54, 1.807) is 36.1 Å². The van der Waals surface area contributed by atoms with Crippen LogP contribution in [0.1, 0.15) is 42.5 Å². The largest absolute Gasteiger partial charge is 0.467 e. The first-order valence-electron chi connectivity index (χ1n) is 17.1. The van der Waals surface area contributed by atoms with E-state index in [9.17, 15) is 18.8 Å². The van der Waals surface area contributed by atoms with Gasteiger partial charge in [-0.2, -0.15) is 15.2 Å². The number of fused-ring (bicyclic) bond motifs is 2. The highest BCUT2D eigenvalue weighted by Crippen LogP contribution is 2.39. The first-order valence-corrected chi connectivity index (χ1v) is 17.5. The summed E-state index contributed by atoms with van der Waals surface area (Å²) in [6.07, 6.45) is 7.63. The number of nitrogens with two attached hydrogens (primary N) is 1. The molecule has 3 unspecified atom stereocenters. The first-order chi connectivity index (χ1) is 25.5. The summed E-state index contributed by atoms with van der Waals surface area (Å²) in [5.41, 5.74) is 7.28. The number of nitrogens with zero attached hydrogens (tertiary/aromatic N) is 8. The van der Waals surface area contributed by atoms with Crippen molar-refractivity contribution in [2.75, 3.05) is 50.5 Å². The second-order valence-electron chi connectivity index (χ2n) is 13.1. The molecule has 7 rings (SSSR count). The first kappa shape index (κ1) is 37.4. The van der Waals surface area contributed by atoms with Crippen LogP contribution in [0.2, 0.25) is 5.02 Å². The van der Waals surface area contributed by atoms with Gasteiger partial charge in [0.25, 0.3) is 5.91 Å². The lowest BCUT2D eigenvalue weighted by atomic mass is 9.98. The number of carbonyl (C=O) groups excluding carboxylic acids is 1. The zero-order chi connectivity index (χ0) is 37.8. The predicted molar refractivity (Wildman–Crippen MR) is 197 cm³/mol. The molecule has 3 aromatic heterocycles. The number of alkyl halides is 1. The summed E-state index contributed by atoms with van der Waals surface area (Å²) in [4.78, 5) is 35.5. The number of hydrogen-bond acceptors (Lipinski definition) is 11. The number of hydrogen-bond donors (Lipinski definition) is 2. The maximum atomic E-state index is 16.3. The Bertz CT molecular complexity index is 2090. The van der Waals surface area contributed by atoms with E-state index in [0.717, 1.165) is 25.3 Å². The minimum Gasteiger partial charge on any atom is -0.467 e. The molecular formula is C37H38ClF3N10O2. The van der Waals surface area contributed by atoms with Gasteiger partial charge < -0.3 is 25.7 Å². The van der Waals surface area contributed by atoms with Gasteiger partial charge >= 0.3 is 6.01 Å². The van der Waals surface area contributed by atoms with Crippen molar-refractivity contribution in [2.45, 2.75) is 50.9 Å². The predicted octanol–water partition coefficient (Wildman–Crippen LogP) is 5.91. The lowest BCUT2D eigenvalue weighted by molar-refractivity contribution is -0.131. The van der Waals surface area contributed by atoms with Crippen molar-refractivity contribution in [3.8, 4) is 23.3 Å². The molecule has 3 aliphatic rings. The highest BCUT2D eigenvalue weighted by Gasteiger charge is 2.36. The van der Waals surface area contributed by atoms with Gasteiger partial charge in [-0.05, 0) is 56.5 Å². The fourth-order valence-electron chi connectivity index (χ4n) is 7.16. The van der Waals surface area contributed by atoms with Crippen LogP contribution in [0.3, 0.4) is 0 Å². The smallest absolute Gasteiger partial charge is 0.318 e. The molecular weight excluding hydrogens is 709 g/mol. The van der Waals surface area contributed by atoms with Crippen LogP contribution >= 0.6 is 11.6 Å². The molecule has 3 N–H and O–H groups in total. The number of nitrogen functional groups attached to an aromatic ring is 1. The number of anilines is 2. The molecule has 16 heteroatoms. The van der Waals surface area contributed by atoms with E-state index in [1.165, 1.54) is 37.2 Å². The summed E-state index contributed by atoms with van der Waals surface area (Å²) in [5.74, 6) is -2.45. The van der Waals surface area contributed by atoms with Crippen LogP contribution in [-0.2, 0) is 4.79 Å². The van der Waals surface area contributed by atoms with Crippen molar-refractivity contribution in [2.24, 2.45) is 0 Å². The number of carbonyl (C=O) groups is 1. The van der Waals surface area contributed by atoms with E-state index in [1.807, 2.05) is 0 Å². The van der Waals surface area contributed by atoms with Crippen molar-refractivity contribution in [1.82, 2.24) is 29.7 Å². The molecule has 3 atom stereocenters. The normalized spacial score (nSPS) is 20.1. The lowest BCUT2D eigenvalue weighted by Gasteiger charge is -2.41. The number of nitriles is 1. The Morgan fingerprint density at radius 3 is 2.74 bits per heavy atom. The molecule has 3 saturated heterocycles. The molecule has 276 valence electrons. The molecule has 3 fully saturated rings. The van der Waals surface area contributed by atoms with E-state index in [0.29, 0.717) is 18.2 Å². The van der Waals surface area contributed by atoms with Gasteiger partial charge in [-0.25, -0.2) is 13.2 Å². The Kier molecular flexibility index (Phi) is 11.4.